The van der Waals surface area contributed by atoms with E-state index in [-0.39, 0.29) is 24.3 Å². The Morgan fingerprint density at radius 3 is 2.42 bits per heavy atom. The summed E-state index contributed by atoms with van der Waals surface area (Å²) in [7, 11) is 0. The molecular formula is C19H21ClN2O2. The quantitative estimate of drug-likeness (QED) is 0.830. The van der Waals surface area contributed by atoms with Crippen LogP contribution in [0.25, 0.3) is 0 Å². The Morgan fingerprint density at radius 1 is 1.08 bits per heavy atom. The fourth-order valence-corrected chi connectivity index (χ4v) is 2.30. The maximum atomic E-state index is 12.3. The monoisotopic (exact) mass is 344 g/mol. The molecule has 0 radical (unpaired) electrons. The molecule has 0 aromatic heterocycles. The number of hydrogen-bond acceptors (Lipinski definition) is 2. The minimum absolute atomic E-state index is 0.0790. The van der Waals surface area contributed by atoms with E-state index >= 15 is 0 Å². The highest BCUT2D eigenvalue weighted by molar-refractivity contribution is 6.30. The SMILES string of the molecule is CC[C@H](C)NC(=O)c1ccccc1NC(=O)Cc1ccc(Cl)cc1. The first-order valence-electron chi connectivity index (χ1n) is 7.93. The standard InChI is InChI=1S/C19H21ClN2O2/c1-3-13(2)21-19(24)16-6-4-5-7-17(16)22-18(23)12-14-8-10-15(20)11-9-14/h4-11,13H,3,12H2,1-2H3,(H,21,24)(H,22,23)/t13-/m0/s1. The van der Waals surface area contributed by atoms with E-state index in [4.69, 9.17) is 11.6 Å². The molecular weight excluding hydrogens is 324 g/mol. The van der Waals surface area contributed by atoms with Crippen molar-refractivity contribution >= 4 is 29.1 Å². The summed E-state index contributed by atoms with van der Waals surface area (Å²) in [6.07, 6.45) is 1.06. The number of para-hydroxylation sites is 1. The van der Waals surface area contributed by atoms with Gasteiger partial charge < -0.3 is 10.6 Å². The first kappa shape index (κ1) is 18.0. The zero-order valence-electron chi connectivity index (χ0n) is 13.8. The van der Waals surface area contributed by atoms with Crippen LogP contribution in [-0.4, -0.2) is 17.9 Å². The summed E-state index contributed by atoms with van der Waals surface area (Å²) in [6, 6.07) is 14.2. The van der Waals surface area contributed by atoms with Crippen LogP contribution in [0.5, 0.6) is 0 Å². The lowest BCUT2D eigenvalue weighted by Crippen LogP contribution is -2.32. The third-order valence-corrected chi connectivity index (χ3v) is 3.97. The van der Waals surface area contributed by atoms with Crippen LogP contribution in [-0.2, 0) is 11.2 Å². The van der Waals surface area contributed by atoms with E-state index in [1.54, 1.807) is 36.4 Å². The normalized spacial score (nSPS) is 11.6. The third kappa shape index (κ3) is 5.10. The van der Waals surface area contributed by atoms with E-state index in [1.165, 1.54) is 0 Å². The lowest BCUT2D eigenvalue weighted by Gasteiger charge is -2.14. The molecule has 0 unspecified atom stereocenters. The van der Waals surface area contributed by atoms with Crippen molar-refractivity contribution in [2.45, 2.75) is 32.7 Å². The van der Waals surface area contributed by atoms with Gasteiger partial charge in [-0.25, -0.2) is 0 Å². The second-order valence-electron chi connectivity index (χ2n) is 5.68. The second kappa shape index (κ2) is 8.50. The number of amides is 2. The van der Waals surface area contributed by atoms with Crippen molar-refractivity contribution in [3.8, 4) is 0 Å². The fraction of sp³-hybridized carbons (Fsp3) is 0.263. The number of halogens is 1. The van der Waals surface area contributed by atoms with Crippen LogP contribution < -0.4 is 10.6 Å². The van der Waals surface area contributed by atoms with Crippen molar-refractivity contribution in [1.29, 1.82) is 0 Å². The van der Waals surface area contributed by atoms with Gasteiger partial charge in [-0.2, -0.15) is 0 Å². The molecule has 0 saturated carbocycles. The van der Waals surface area contributed by atoms with Crippen molar-refractivity contribution in [2.24, 2.45) is 0 Å². The molecule has 0 aliphatic rings. The molecule has 2 aromatic rings. The van der Waals surface area contributed by atoms with Crippen LogP contribution in [0.1, 0.15) is 36.2 Å². The molecule has 2 rings (SSSR count). The first-order valence-corrected chi connectivity index (χ1v) is 8.31. The molecule has 0 aliphatic carbocycles. The number of rotatable bonds is 6. The molecule has 2 aromatic carbocycles. The smallest absolute Gasteiger partial charge is 0.253 e. The Bertz CT molecular complexity index is 714. The van der Waals surface area contributed by atoms with E-state index in [2.05, 4.69) is 10.6 Å². The number of hydrogen-bond donors (Lipinski definition) is 2. The molecule has 126 valence electrons. The topological polar surface area (TPSA) is 58.2 Å². The van der Waals surface area contributed by atoms with Gasteiger partial charge in [0, 0.05) is 11.1 Å². The van der Waals surface area contributed by atoms with Crippen molar-refractivity contribution in [3.63, 3.8) is 0 Å². The maximum Gasteiger partial charge on any atom is 0.253 e. The molecule has 0 spiro atoms. The summed E-state index contributed by atoms with van der Waals surface area (Å²) in [6.45, 7) is 3.95. The van der Waals surface area contributed by atoms with Gasteiger partial charge in [0.15, 0.2) is 0 Å². The summed E-state index contributed by atoms with van der Waals surface area (Å²) < 4.78 is 0. The first-order chi connectivity index (χ1) is 11.5. The molecule has 0 fully saturated rings. The maximum absolute atomic E-state index is 12.3. The lowest BCUT2D eigenvalue weighted by molar-refractivity contribution is -0.115. The molecule has 0 bridgehead atoms. The average molecular weight is 345 g/mol. The summed E-state index contributed by atoms with van der Waals surface area (Å²) in [5.41, 5.74) is 1.83. The van der Waals surface area contributed by atoms with E-state index in [0.29, 0.717) is 16.3 Å². The summed E-state index contributed by atoms with van der Waals surface area (Å²) in [5, 5.41) is 6.35. The zero-order chi connectivity index (χ0) is 17.5. The Kier molecular flexibility index (Phi) is 6.38. The van der Waals surface area contributed by atoms with Crippen molar-refractivity contribution < 1.29 is 9.59 Å². The van der Waals surface area contributed by atoms with Crippen LogP contribution in [0, 0.1) is 0 Å². The molecule has 0 aliphatic heterocycles. The molecule has 5 heteroatoms. The Hall–Kier alpha value is -2.33. The minimum atomic E-state index is -0.188. The number of benzene rings is 2. The predicted molar refractivity (Wildman–Crippen MR) is 97.4 cm³/mol. The van der Waals surface area contributed by atoms with Gasteiger partial charge in [0.05, 0.1) is 17.7 Å². The molecule has 2 amide bonds. The van der Waals surface area contributed by atoms with Crippen LogP contribution in [0.2, 0.25) is 5.02 Å². The molecule has 0 heterocycles. The summed E-state index contributed by atoms with van der Waals surface area (Å²) >= 11 is 5.84. The highest BCUT2D eigenvalue weighted by Gasteiger charge is 2.14. The number of anilines is 1. The van der Waals surface area contributed by atoms with Crippen LogP contribution in [0.3, 0.4) is 0 Å². The Balaban J connectivity index is 2.07. The van der Waals surface area contributed by atoms with Crippen LogP contribution in [0.4, 0.5) is 5.69 Å². The van der Waals surface area contributed by atoms with E-state index < -0.39 is 0 Å². The van der Waals surface area contributed by atoms with Crippen molar-refractivity contribution in [1.82, 2.24) is 5.32 Å². The minimum Gasteiger partial charge on any atom is -0.350 e. The number of carbonyl (C=O) groups is 2. The third-order valence-electron chi connectivity index (χ3n) is 3.71. The zero-order valence-corrected chi connectivity index (χ0v) is 14.6. The largest absolute Gasteiger partial charge is 0.350 e. The van der Waals surface area contributed by atoms with Gasteiger partial charge >= 0.3 is 0 Å². The highest BCUT2D eigenvalue weighted by Crippen LogP contribution is 2.16. The van der Waals surface area contributed by atoms with E-state index in [1.807, 2.05) is 26.0 Å². The second-order valence-corrected chi connectivity index (χ2v) is 6.12. The molecule has 24 heavy (non-hydrogen) atoms. The number of nitrogens with one attached hydrogen (secondary N) is 2. The summed E-state index contributed by atoms with van der Waals surface area (Å²) in [4.78, 5) is 24.6. The van der Waals surface area contributed by atoms with Crippen molar-refractivity contribution in [3.05, 3.63) is 64.7 Å². The average Bonchev–Trinajstić information content (AvgIpc) is 2.57. The van der Waals surface area contributed by atoms with Crippen LogP contribution >= 0.6 is 11.6 Å². The van der Waals surface area contributed by atoms with Gasteiger partial charge in [-0.1, -0.05) is 42.8 Å². The molecule has 1 atom stereocenters. The van der Waals surface area contributed by atoms with Gasteiger partial charge in [-0.15, -0.1) is 0 Å². The number of carbonyl (C=O) groups excluding carboxylic acids is 2. The van der Waals surface area contributed by atoms with E-state index in [9.17, 15) is 9.59 Å². The van der Waals surface area contributed by atoms with E-state index in [0.717, 1.165) is 12.0 Å². The molecule has 0 saturated heterocycles. The summed E-state index contributed by atoms with van der Waals surface area (Å²) in [5.74, 6) is -0.368. The van der Waals surface area contributed by atoms with Crippen LogP contribution in [0.15, 0.2) is 48.5 Å². The fourth-order valence-electron chi connectivity index (χ4n) is 2.18. The molecule has 4 nitrogen and oxygen atoms in total. The Morgan fingerprint density at radius 2 is 1.75 bits per heavy atom. The Labute approximate surface area is 147 Å². The van der Waals surface area contributed by atoms with Gasteiger partial charge in [0.2, 0.25) is 5.91 Å². The lowest BCUT2D eigenvalue weighted by atomic mass is 10.1. The van der Waals surface area contributed by atoms with Gasteiger partial charge in [-0.05, 0) is 43.2 Å². The van der Waals surface area contributed by atoms with Gasteiger partial charge in [0.25, 0.3) is 5.91 Å². The molecule has 2 N–H and O–H groups in total. The highest BCUT2D eigenvalue weighted by atomic mass is 35.5. The predicted octanol–water partition coefficient (Wildman–Crippen LogP) is 4.05. The van der Waals surface area contributed by atoms with Crippen molar-refractivity contribution in [2.75, 3.05) is 5.32 Å². The van der Waals surface area contributed by atoms with Gasteiger partial charge in [-0.3, -0.25) is 9.59 Å². The van der Waals surface area contributed by atoms with Gasteiger partial charge in [0.1, 0.15) is 0 Å².